The normalized spacial score (nSPS) is 14.0. The summed E-state index contributed by atoms with van der Waals surface area (Å²) < 4.78 is 73.4. The zero-order valence-electron chi connectivity index (χ0n) is 32.0. The van der Waals surface area contributed by atoms with Gasteiger partial charge >= 0.3 is 0 Å². The van der Waals surface area contributed by atoms with Crippen molar-refractivity contribution in [2.45, 2.75) is 0 Å². The topological polar surface area (TPSA) is 0 Å². The molecule has 210 valence electrons. The van der Waals surface area contributed by atoms with Crippen LogP contribution in [-0.2, 0) is 0 Å². The zero-order valence-corrected chi connectivity index (χ0v) is 24.8. The van der Waals surface area contributed by atoms with Crippen LogP contribution in [-0.4, -0.2) is 0 Å². The molecule has 0 amide bonds. The van der Waals surface area contributed by atoms with Gasteiger partial charge in [0.1, 0.15) is 0 Å². The van der Waals surface area contributed by atoms with Gasteiger partial charge in [-0.15, -0.1) is 11.3 Å². The van der Waals surface area contributed by atoms with E-state index in [1.54, 1.807) is 35.6 Å². The number of benzene rings is 8. The van der Waals surface area contributed by atoms with Gasteiger partial charge in [-0.25, -0.2) is 0 Å². The molecule has 0 bridgehead atoms. The van der Waals surface area contributed by atoms with E-state index in [1.807, 2.05) is 48.5 Å². The lowest BCUT2D eigenvalue weighted by Crippen LogP contribution is -1.90. The molecular formula is C44H28S. The van der Waals surface area contributed by atoms with Crippen molar-refractivity contribution in [3.8, 4) is 44.5 Å². The van der Waals surface area contributed by atoms with Crippen LogP contribution in [0.25, 0.3) is 86.2 Å². The highest BCUT2D eigenvalue weighted by molar-refractivity contribution is 7.25. The first-order valence-corrected chi connectivity index (χ1v) is 15.6. The molecule has 0 unspecified atom stereocenters. The Kier molecular flexibility index (Phi) is 4.47. The molecule has 9 aromatic rings. The predicted octanol–water partition coefficient (Wildman–Crippen LogP) is 13.0. The monoisotopic (exact) mass is 596 g/mol. The van der Waals surface area contributed by atoms with E-state index in [4.69, 9.17) is 11.0 Å². The maximum absolute atomic E-state index is 9.15. The van der Waals surface area contributed by atoms with Crippen molar-refractivity contribution in [3.63, 3.8) is 0 Å². The minimum atomic E-state index is -0.410. The third-order valence-electron chi connectivity index (χ3n) is 8.52. The van der Waals surface area contributed by atoms with Gasteiger partial charge in [0.25, 0.3) is 0 Å². The summed E-state index contributed by atoms with van der Waals surface area (Å²) in [5.41, 5.74) is 6.15. The summed E-state index contributed by atoms with van der Waals surface area (Å²) in [7, 11) is 0. The maximum atomic E-state index is 9.15. The van der Waals surface area contributed by atoms with Crippen LogP contribution in [0.15, 0.2) is 170 Å². The fourth-order valence-electron chi connectivity index (χ4n) is 6.40. The molecule has 9 rings (SSSR count). The number of fused-ring (bicyclic) bond motifs is 5. The average Bonchev–Trinajstić information content (AvgIpc) is 3.57. The number of hydrogen-bond donors (Lipinski definition) is 0. The van der Waals surface area contributed by atoms with Crippen LogP contribution in [0.4, 0.5) is 0 Å². The summed E-state index contributed by atoms with van der Waals surface area (Å²) in [6.45, 7) is 0. The summed E-state index contributed by atoms with van der Waals surface area (Å²) >= 11 is 1.76. The third kappa shape index (κ3) is 4.36. The van der Waals surface area contributed by atoms with Gasteiger partial charge in [-0.2, -0.15) is 0 Å². The minimum Gasteiger partial charge on any atom is -0.135 e. The molecule has 45 heavy (non-hydrogen) atoms. The van der Waals surface area contributed by atoms with Crippen LogP contribution in [0.5, 0.6) is 0 Å². The second-order valence-corrected chi connectivity index (χ2v) is 12.2. The van der Waals surface area contributed by atoms with Gasteiger partial charge in [0, 0.05) is 20.2 Å². The van der Waals surface area contributed by atoms with Crippen molar-refractivity contribution in [1.29, 1.82) is 0 Å². The Bertz CT molecular complexity index is 2870. The van der Waals surface area contributed by atoms with Crippen LogP contribution in [0.1, 0.15) is 11.0 Å². The van der Waals surface area contributed by atoms with E-state index < -0.39 is 24.2 Å². The Morgan fingerprint density at radius 2 is 0.778 bits per heavy atom. The summed E-state index contributed by atoms with van der Waals surface area (Å²) in [4.78, 5) is 0. The highest BCUT2D eigenvalue weighted by Gasteiger charge is 2.16. The molecule has 0 radical (unpaired) electrons. The smallest absolute Gasteiger partial charge is 0.0629 e. The first-order valence-electron chi connectivity index (χ1n) is 18.8. The molecule has 0 saturated carbocycles. The third-order valence-corrected chi connectivity index (χ3v) is 9.66. The van der Waals surface area contributed by atoms with E-state index in [9.17, 15) is 0 Å². The van der Waals surface area contributed by atoms with Gasteiger partial charge in [-0.1, -0.05) is 151 Å². The molecular weight excluding hydrogens is 561 g/mol. The molecule has 1 heteroatoms. The molecule has 1 aromatic heterocycles. The van der Waals surface area contributed by atoms with Crippen molar-refractivity contribution >= 4 is 53.1 Å². The molecule has 0 spiro atoms. The van der Waals surface area contributed by atoms with Gasteiger partial charge < -0.3 is 0 Å². The Morgan fingerprint density at radius 1 is 0.333 bits per heavy atom. The van der Waals surface area contributed by atoms with Gasteiger partial charge in [0.05, 0.1) is 11.0 Å². The van der Waals surface area contributed by atoms with Crippen molar-refractivity contribution < 1.29 is 11.0 Å². The van der Waals surface area contributed by atoms with Crippen LogP contribution in [0, 0.1) is 0 Å². The largest absolute Gasteiger partial charge is 0.135 e. The van der Waals surface area contributed by atoms with Gasteiger partial charge in [0.2, 0.25) is 0 Å². The minimum absolute atomic E-state index is 0.209. The molecule has 8 aromatic carbocycles. The van der Waals surface area contributed by atoms with Gasteiger partial charge in [-0.05, 0) is 84.3 Å². The summed E-state index contributed by atoms with van der Waals surface area (Å²) in [6.07, 6.45) is 0. The predicted molar refractivity (Wildman–Crippen MR) is 196 cm³/mol. The van der Waals surface area contributed by atoms with E-state index in [1.165, 1.54) is 25.9 Å². The van der Waals surface area contributed by atoms with Crippen molar-refractivity contribution in [1.82, 2.24) is 0 Å². The SMILES string of the molecule is [2H]c1c([2H])c([2H])c2c(-c3ccc(-c4ccc5sc6cc(-c7ccccc7)ccc6c5c4)cc3)c3c([2H])c([2H])c([2H])c([2H])c3c(-c3ccccc3)c2c1[2H]. The van der Waals surface area contributed by atoms with E-state index >= 15 is 0 Å². The number of hydrogen-bond acceptors (Lipinski definition) is 1. The number of thiophene rings is 1. The fraction of sp³-hybridized carbons (Fsp3) is 0. The highest BCUT2D eigenvalue weighted by Crippen LogP contribution is 2.44. The van der Waals surface area contributed by atoms with Crippen LogP contribution < -0.4 is 0 Å². The Labute approximate surface area is 277 Å². The summed E-state index contributed by atoms with van der Waals surface area (Å²) in [5.74, 6) is 0. The van der Waals surface area contributed by atoms with Crippen LogP contribution in [0.2, 0.25) is 0 Å². The Balaban J connectivity index is 1.27. The van der Waals surface area contributed by atoms with Gasteiger partial charge in [0.15, 0.2) is 0 Å². The lowest BCUT2D eigenvalue weighted by atomic mass is 9.86. The summed E-state index contributed by atoms with van der Waals surface area (Å²) in [6, 6.07) is 37.3. The first-order chi connectivity index (χ1) is 25.6. The van der Waals surface area contributed by atoms with Crippen molar-refractivity contribution in [2.24, 2.45) is 0 Å². The first kappa shape index (κ1) is 19.0. The summed E-state index contributed by atoms with van der Waals surface area (Å²) in [5, 5.41) is 3.19. The molecule has 0 fully saturated rings. The van der Waals surface area contributed by atoms with Gasteiger partial charge in [-0.3, -0.25) is 0 Å². The van der Waals surface area contributed by atoms with Crippen LogP contribution in [0.3, 0.4) is 0 Å². The Hall–Kier alpha value is -5.50. The van der Waals surface area contributed by atoms with E-state index in [2.05, 4.69) is 48.5 Å². The molecule has 0 atom stereocenters. The van der Waals surface area contributed by atoms with E-state index in [0.29, 0.717) is 22.3 Å². The molecule has 1 heterocycles. The second-order valence-electron chi connectivity index (χ2n) is 11.1. The molecule has 0 saturated heterocycles. The zero-order chi connectivity index (χ0) is 36.7. The fourth-order valence-corrected chi connectivity index (χ4v) is 7.53. The number of rotatable bonds is 4. The molecule has 0 aliphatic rings. The van der Waals surface area contributed by atoms with E-state index in [0.717, 1.165) is 16.5 Å². The molecule has 0 aliphatic heterocycles. The highest BCUT2D eigenvalue weighted by atomic mass is 32.1. The van der Waals surface area contributed by atoms with E-state index in [-0.39, 0.29) is 45.7 Å². The lowest BCUT2D eigenvalue weighted by Gasteiger charge is -2.18. The standard InChI is InChI=1S/C44H28S/c1-3-11-29(12-4-1)34-23-25-35-40-27-33(24-26-41(40)45-42(35)28-34)30-19-21-32(22-20-30)44-38-17-9-7-15-36(38)43(31-13-5-2-6-14-31)37-16-8-10-18-39(37)44/h1-28H/i7D,8D,9D,10D,15D,16D,17D,18D. The molecule has 0 aliphatic carbocycles. The maximum Gasteiger partial charge on any atom is 0.0629 e. The van der Waals surface area contributed by atoms with Crippen molar-refractivity contribution in [2.75, 3.05) is 0 Å². The quantitative estimate of drug-likeness (QED) is 0.177. The molecule has 0 N–H and O–H groups in total. The van der Waals surface area contributed by atoms with Crippen LogP contribution >= 0.6 is 11.3 Å². The average molecular weight is 597 g/mol. The second kappa shape index (κ2) is 10.6. The molecule has 0 nitrogen and oxygen atoms in total. The Morgan fingerprint density at radius 3 is 1.38 bits per heavy atom. The van der Waals surface area contributed by atoms with Crippen molar-refractivity contribution in [3.05, 3.63) is 170 Å². The lowest BCUT2D eigenvalue weighted by molar-refractivity contribution is 1.63.